The van der Waals surface area contributed by atoms with Gasteiger partial charge >= 0.3 is 0 Å². The number of hydrogen-bond acceptors (Lipinski definition) is 3. The molecule has 0 spiro atoms. The molecule has 1 amide bonds. The lowest BCUT2D eigenvalue weighted by molar-refractivity contribution is -0.117. The van der Waals surface area contributed by atoms with Crippen LogP contribution in [-0.4, -0.2) is 29.4 Å². The highest BCUT2D eigenvalue weighted by Gasteiger charge is 2.29. The molecule has 1 aliphatic rings. The zero-order valence-corrected chi connectivity index (χ0v) is 11.8. The summed E-state index contributed by atoms with van der Waals surface area (Å²) in [6.45, 7) is 0.680. The molecule has 4 nitrogen and oxygen atoms in total. The number of anilines is 1. The largest absolute Gasteiger partial charge is 0.480 e. The first-order valence-electron chi connectivity index (χ1n) is 4.76. The summed E-state index contributed by atoms with van der Waals surface area (Å²) < 4.78 is 5.79. The van der Waals surface area contributed by atoms with Crippen LogP contribution in [0.15, 0.2) is 16.7 Å². The molecule has 6 heteroatoms. The molecular weight excluding hydrogens is 340 g/mol. The molecule has 16 heavy (non-hydrogen) atoms. The molecule has 1 aliphatic heterocycles. The highest BCUT2D eigenvalue weighted by Crippen LogP contribution is 2.30. The molecule has 1 atom stereocenters. The number of methoxy groups -OCH3 is 1. The van der Waals surface area contributed by atoms with Crippen LogP contribution in [0.3, 0.4) is 0 Å². The Kier molecular flexibility index (Phi) is 3.49. The Balaban J connectivity index is 2.28. The van der Waals surface area contributed by atoms with Crippen molar-refractivity contribution in [1.82, 2.24) is 4.98 Å². The number of aromatic nitrogens is 1. The first-order valence-corrected chi connectivity index (χ1v) is 6.46. The monoisotopic (exact) mass is 348 g/mol. The van der Waals surface area contributed by atoms with Crippen molar-refractivity contribution in [3.8, 4) is 5.88 Å². The van der Waals surface area contributed by atoms with Gasteiger partial charge in [-0.1, -0.05) is 15.9 Å². The van der Waals surface area contributed by atoms with Crippen LogP contribution in [0.2, 0.25) is 0 Å². The normalized spacial score (nSPS) is 20.3. The van der Waals surface area contributed by atoms with Gasteiger partial charge in [-0.15, -0.1) is 0 Å². The van der Waals surface area contributed by atoms with Gasteiger partial charge in [-0.3, -0.25) is 4.79 Å². The maximum absolute atomic E-state index is 11.7. The quantitative estimate of drug-likeness (QED) is 0.770. The number of rotatable bonds is 2. The number of ether oxygens (including phenoxy) is 1. The Hall–Kier alpha value is -0.620. The van der Waals surface area contributed by atoms with Crippen molar-refractivity contribution in [1.29, 1.82) is 0 Å². The summed E-state index contributed by atoms with van der Waals surface area (Å²) in [7, 11) is 1.56. The number of hydrogen-bond donors (Lipinski definition) is 0. The van der Waals surface area contributed by atoms with E-state index in [1.807, 2.05) is 6.07 Å². The Bertz CT molecular complexity index is 425. The van der Waals surface area contributed by atoms with E-state index in [-0.39, 0.29) is 10.7 Å². The first-order chi connectivity index (χ1) is 7.61. The van der Waals surface area contributed by atoms with Crippen LogP contribution in [-0.2, 0) is 4.79 Å². The van der Waals surface area contributed by atoms with E-state index in [1.54, 1.807) is 18.2 Å². The van der Waals surface area contributed by atoms with E-state index in [1.165, 1.54) is 0 Å². The van der Waals surface area contributed by atoms with Crippen LogP contribution >= 0.6 is 31.9 Å². The summed E-state index contributed by atoms with van der Waals surface area (Å²) in [4.78, 5) is 17.7. The molecule has 86 valence electrons. The minimum absolute atomic E-state index is 0.112. The molecule has 0 saturated carbocycles. The van der Waals surface area contributed by atoms with E-state index in [0.717, 1.165) is 10.2 Å². The zero-order valence-electron chi connectivity index (χ0n) is 8.61. The zero-order chi connectivity index (χ0) is 11.7. The van der Waals surface area contributed by atoms with Crippen LogP contribution in [0.4, 0.5) is 5.69 Å². The lowest BCUT2D eigenvalue weighted by Gasteiger charge is -2.16. The third-order valence-electron chi connectivity index (χ3n) is 2.38. The van der Waals surface area contributed by atoms with E-state index < -0.39 is 0 Å². The molecule has 0 bridgehead atoms. The summed E-state index contributed by atoms with van der Waals surface area (Å²) in [5.41, 5.74) is 0.791. The maximum atomic E-state index is 11.7. The fourth-order valence-electron chi connectivity index (χ4n) is 1.63. The van der Waals surface area contributed by atoms with Crippen molar-refractivity contribution in [2.75, 3.05) is 18.6 Å². The maximum Gasteiger partial charge on any atom is 0.228 e. The molecule has 1 saturated heterocycles. The fraction of sp³-hybridized carbons (Fsp3) is 0.400. The van der Waals surface area contributed by atoms with Gasteiger partial charge in [-0.2, -0.15) is 0 Å². The third-order valence-corrected chi connectivity index (χ3v) is 3.56. The van der Waals surface area contributed by atoms with Crippen molar-refractivity contribution >= 4 is 43.5 Å². The van der Waals surface area contributed by atoms with Gasteiger partial charge in [0, 0.05) is 17.8 Å². The van der Waals surface area contributed by atoms with E-state index in [9.17, 15) is 4.79 Å². The van der Waals surface area contributed by atoms with Crippen molar-refractivity contribution < 1.29 is 9.53 Å². The molecule has 1 unspecified atom stereocenters. The average molecular weight is 350 g/mol. The topological polar surface area (TPSA) is 42.4 Å². The molecule has 1 aromatic heterocycles. The summed E-state index contributed by atoms with van der Waals surface area (Å²) in [5.74, 6) is 0.631. The van der Waals surface area contributed by atoms with Gasteiger partial charge in [0.1, 0.15) is 0 Å². The highest BCUT2D eigenvalue weighted by atomic mass is 79.9. The molecule has 2 heterocycles. The SMILES string of the molecule is COc1ncc(N2CC(Br)CC2=O)cc1Br. The minimum Gasteiger partial charge on any atom is -0.480 e. The first kappa shape index (κ1) is 11.9. The van der Waals surface area contributed by atoms with Crippen molar-refractivity contribution in [3.63, 3.8) is 0 Å². The molecule has 1 aromatic rings. The number of carbonyl (C=O) groups excluding carboxylic acids is 1. The van der Waals surface area contributed by atoms with Gasteiger partial charge in [0.15, 0.2) is 0 Å². The molecule has 0 aliphatic carbocycles. The van der Waals surface area contributed by atoms with Gasteiger partial charge in [0.2, 0.25) is 11.8 Å². The lowest BCUT2D eigenvalue weighted by Crippen LogP contribution is -2.24. The Morgan fingerprint density at radius 3 is 2.88 bits per heavy atom. The fourth-order valence-corrected chi connectivity index (χ4v) is 2.69. The average Bonchev–Trinajstić information content (AvgIpc) is 2.58. The number of pyridine rings is 1. The minimum atomic E-state index is 0.112. The second-order valence-corrected chi connectivity index (χ2v) is 5.64. The molecule has 0 N–H and O–H groups in total. The van der Waals surface area contributed by atoms with Gasteiger partial charge < -0.3 is 9.64 Å². The van der Waals surface area contributed by atoms with Crippen LogP contribution < -0.4 is 9.64 Å². The van der Waals surface area contributed by atoms with Crippen LogP contribution in [0, 0.1) is 0 Å². The number of carbonyl (C=O) groups is 1. The summed E-state index contributed by atoms with van der Waals surface area (Å²) in [6, 6.07) is 1.84. The van der Waals surface area contributed by atoms with Crippen LogP contribution in [0.5, 0.6) is 5.88 Å². The number of alkyl halides is 1. The standard InChI is InChI=1S/C10H10Br2N2O2/c1-16-10-8(12)3-7(4-13-10)14-5-6(11)2-9(14)15/h3-4,6H,2,5H2,1H3. The highest BCUT2D eigenvalue weighted by molar-refractivity contribution is 9.10. The van der Waals surface area contributed by atoms with Gasteiger partial charge in [-0.25, -0.2) is 4.98 Å². The molecular formula is C10H10Br2N2O2. The van der Waals surface area contributed by atoms with E-state index in [2.05, 4.69) is 36.8 Å². The summed E-state index contributed by atoms with van der Waals surface area (Å²) >= 11 is 6.80. The second-order valence-electron chi connectivity index (χ2n) is 3.49. The van der Waals surface area contributed by atoms with E-state index in [4.69, 9.17) is 4.74 Å². The van der Waals surface area contributed by atoms with Crippen molar-refractivity contribution in [3.05, 3.63) is 16.7 Å². The smallest absolute Gasteiger partial charge is 0.228 e. The van der Waals surface area contributed by atoms with Gasteiger partial charge in [0.25, 0.3) is 0 Å². The van der Waals surface area contributed by atoms with Crippen LogP contribution in [0.1, 0.15) is 6.42 Å². The Labute approximate surface area is 110 Å². The summed E-state index contributed by atoms with van der Waals surface area (Å²) in [5, 5.41) is 0. The van der Waals surface area contributed by atoms with Crippen molar-refractivity contribution in [2.45, 2.75) is 11.2 Å². The van der Waals surface area contributed by atoms with Gasteiger partial charge in [0.05, 0.1) is 23.5 Å². The molecule has 2 rings (SSSR count). The van der Waals surface area contributed by atoms with Crippen molar-refractivity contribution in [2.24, 2.45) is 0 Å². The predicted octanol–water partition coefficient (Wildman–Crippen LogP) is 2.35. The molecule has 1 fully saturated rings. The van der Waals surface area contributed by atoms with E-state index >= 15 is 0 Å². The number of nitrogens with zero attached hydrogens (tertiary/aromatic N) is 2. The molecule has 0 radical (unpaired) electrons. The Morgan fingerprint density at radius 1 is 1.62 bits per heavy atom. The third kappa shape index (κ3) is 2.22. The summed E-state index contributed by atoms with van der Waals surface area (Å²) in [6.07, 6.45) is 2.18. The number of halogens is 2. The second kappa shape index (κ2) is 4.71. The Morgan fingerprint density at radius 2 is 2.38 bits per heavy atom. The van der Waals surface area contributed by atoms with Gasteiger partial charge in [-0.05, 0) is 22.0 Å². The van der Waals surface area contributed by atoms with Crippen LogP contribution in [0.25, 0.3) is 0 Å². The molecule has 0 aromatic carbocycles. The predicted molar refractivity (Wildman–Crippen MR) is 68.2 cm³/mol. The number of amides is 1. The van der Waals surface area contributed by atoms with E-state index in [0.29, 0.717) is 18.8 Å². The lowest BCUT2D eigenvalue weighted by atomic mass is 10.4.